The monoisotopic (exact) mass is 91.1 g/mol. The van der Waals surface area contributed by atoms with Crippen LogP contribution in [-0.4, -0.2) is 35.6 Å². The normalized spacial score (nSPS) is 10.0. The summed E-state index contributed by atoms with van der Waals surface area (Å²) >= 11 is 0. The fourth-order valence-electron chi connectivity index (χ4n) is 0.145. The number of hydrogen-bond donors (Lipinski definition) is 2. The molecule has 0 aromatic heterocycles. The van der Waals surface area contributed by atoms with Crippen LogP contribution in [0.3, 0.4) is 0 Å². The summed E-state index contributed by atoms with van der Waals surface area (Å²) in [5, 5.41) is 17.2. The molecule has 0 rings (SSSR count). The number of hydroxylamine groups is 2. The van der Waals surface area contributed by atoms with Crippen molar-refractivity contribution in [3.63, 3.8) is 0 Å². The molecule has 0 aliphatic carbocycles. The van der Waals surface area contributed by atoms with Crippen LogP contribution in [0.1, 0.15) is 0 Å². The minimum atomic E-state index is 0.00694. The largest absolute Gasteiger partial charge is 0.395 e. The first-order valence-corrected chi connectivity index (χ1v) is 1.78. The third kappa shape index (κ3) is 3.88. The molecule has 0 unspecified atom stereocenters. The molecule has 0 aliphatic heterocycles. The van der Waals surface area contributed by atoms with Gasteiger partial charge in [0.2, 0.25) is 0 Å². The highest BCUT2D eigenvalue weighted by molar-refractivity contribution is 4.26. The highest BCUT2D eigenvalue weighted by Gasteiger charge is 1.82. The lowest BCUT2D eigenvalue weighted by Gasteiger charge is -2.01. The Labute approximate surface area is 36.8 Å². The van der Waals surface area contributed by atoms with Crippen molar-refractivity contribution in [1.29, 1.82) is 0 Å². The molecule has 38 valence electrons. The van der Waals surface area contributed by atoms with E-state index >= 15 is 0 Å². The van der Waals surface area contributed by atoms with Crippen LogP contribution in [0.25, 0.3) is 0 Å². The van der Waals surface area contributed by atoms with Gasteiger partial charge in [-0.05, 0) is 0 Å². The van der Waals surface area contributed by atoms with Gasteiger partial charge >= 0.3 is 0 Å². The molecule has 0 heterocycles. The average Bonchev–Trinajstić information content (AvgIpc) is 1.35. The SMILES string of the molecule is CN(O)CCO. The first-order chi connectivity index (χ1) is 2.77. The third-order valence-electron chi connectivity index (χ3n) is 0.424. The van der Waals surface area contributed by atoms with E-state index in [2.05, 4.69) is 0 Å². The van der Waals surface area contributed by atoms with Crippen molar-refractivity contribution in [2.45, 2.75) is 0 Å². The summed E-state index contributed by atoms with van der Waals surface area (Å²) in [4.78, 5) is 0. The third-order valence-corrected chi connectivity index (χ3v) is 0.424. The van der Waals surface area contributed by atoms with Crippen LogP contribution in [0, 0.1) is 0 Å². The van der Waals surface area contributed by atoms with Crippen LogP contribution in [-0.2, 0) is 0 Å². The van der Waals surface area contributed by atoms with Crippen LogP contribution < -0.4 is 0 Å². The van der Waals surface area contributed by atoms with Gasteiger partial charge < -0.3 is 10.3 Å². The van der Waals surface area contributed by atoms with Crippen molar-refractivity contribution in [3.8, 4) is 0 Å². The lowest BCUT2D eigenvalue weighted by molar-refractivity contribution is -0.0732. The van der Waals surface area contributed by atoms with E-state index < -0.39 is 0 Å². The van der Waals surface area contributed by atoms with Crippen molar-refractivity contribution < 1.29 is 10.3 Å². The van der Waals surface area contributed by atoms with Crippen LogP contribution in [0.15, 0.2) is 0 Å². The van der Waals surface area contributed by atoms with Gasteiger partial charge in [0, 0.05) is 13.6 Å². The number of rotatable bonds is 2. The average molecular weight is 91.1 g/mol. The molecule has 0 aliphatic rings. The van der Waals surface area contributed by atoms with Crippen molar-refractivity contribution >= 4 is 0 Å². The number of aliphatic hydroxyl groups excluding tert-OH is 1. The number of likely N-dealkylation sites (N-methyl/N-ethyl adjacent to an activating group) is 1. The zero-order valence-electron chi connectivity index (χ0n) is 3.76. The van der Waals surface area contributed by atoms with E-state index in [1.807, 2.05) is 0 Å². The molecule has 0 atom stereocenters. The molecule has 0 aromatic carbocycles. The van der Waals surface area contributed by atoms with Gasteiger partial charge in [-0.25, -0.2) is 0 Å². The summed E-state index contributed by atoms with van der Waals surface area (Å²) < 4.78 is 0. The van der Waals surface area contributed by atoms with E-state index in [4.69, 9.17) is 10.3 Å². The second-order valence-electron chi connectivity index (χ2n) is 1.10. The van der Waals surface area contributed by atoms with Gasteiger partial charge in [-0.1, -0.05) is 0 Å². The second-order valence-corrected chi connectivity index (χ2v) is 1.10. The first-order valence-electron chi connectivity index (χ1n) is 1.78. The van der Waals surface area contributed by atoms with Gasteiger partial charge in [-0.3, -0.25) is 0 Å². The van der Waals surface area contributed by atoms with Crippen molar-refractivity contribution in [2.75, 3.05) is 20.2 Å². The predicted molar refractivity (Wildman–Crippen MR) is 21.5 cm³/mol. The maximum Gasteiger partial charge on any atom is 0.0581 e. The molecule has 3 nitrogen and oxygen atoms in total. The zero-order valence-corrected chi connectivity index (χ0v) is 3.76. The highest BCUT2D eigenvalue weighted by atomic mass is 16.5. The quantitative estimate of drug-likeness (QED) is 0.442. The molecule has 0 amide bonds. The number of aliphatic hydroxyl groups is 1. The Hall–Kier alpha value is -0.120. The number of hydrogen-bond acceptors (Lipinski definition) is 3. The molecule has 6 heavy (non-hydrogen) atoms. The predicted octanol–water partition coefficient (Wildman–Crippen LogP) is -0.700. The molecule has 2 N–H and O–H groups in total. The fraction of sp³-hybridized carbons (Fsp3) is 1.00. The summed E-state index contributed by atoms with van der Waals surface area (Å²) in [6.45, 7) is 0.326. The van der Waals surface area contributed by atoms with Crippen molar-refractivity contribution in [3.05, 3.63) is 0 Å². The minimum absolute atomic E-state index is 0.00694. The maximum absolute atomic E-state index is 8.23. The Morgan fingerprint density at radius 2 is 2.17 bits per heavy atom. The van der Waals surface area contributed by atoms with Gasteiger partial charge in [0.15, 0.2) is 0 Å². The molecule has 0 spiro atoms. The van der Waals surface area contributed by atoms with Gasteiger partial charge in [0.05, 0.1) is 6.61 Å². The van der Waals surface area contributed by atoms with Gasteiger partial charge in [0.1, 0.15) is 0 Å². The van der Waals surface area contributed by atoms with Gasteiger partial charge in [0.25, 0.3) is 0 Å². The highest BCUT2D eigenvalue weighted by Crippen LogP contribution is 1.65. The molecule has 3 heteroatoms. The summed E-state index contributed by atoms with van der Waals surface area (Å²) in [6, 6.07) is 0. The molecular weight excluding hydrogens is 82.0 g/mol. The van der Waals surface area contributed by atoms with Crippen molar-refractivity contribution in [1.82, 2.24) is 5.06 Å². The van der Waals surface area contributed by atoms with E-state index in [0.29, 0.717) is 6.54 Å². The molecular formula is C3H9NO2. The first kappa shape index (κ1) is 5.88. The van der Waals surface area contributed by atoms with Crippen LogP contribution >= 0.6 is 0 Å². The summed E-state index contributed by atoms with van der Waals surface area (Å²) in [7, 11) is 1.48. The second kappa shape index (κ2) is 3.08. The molecule has 0 aromatic rings. The van der Waals surface area contributed by atoms with Gasteiger partial charge in [-0.2, -0.15) is 5.06 Å². The molecule has 0 fully saturated rings. The van der Waals surface area contributed by atoms with E-state index in [1.165, 1.54) is 7.05 Å². The van der Waals surface area contributed by atoms with Crippen LogP contribution in [0.2, 0.25) is 0 Å². The zero-order chi connectivity index (χ0) is 4.99. The van der Waals surface area contributed by atoms with Gasteiger partial charge in [-0.15, -0.1) is 0 Å². The number of nitrogens with zero attached hydrogens (tertiary/aromatic N) is 1. The molecule has 0 saturated carbocycles. The smallest absolute Gasteiger partial charge is 0.0581 e. The molecule has 0 saturated heterocycles. The maximum atomic E-state index is 8.23. The Kier molecular flexibility index (Phi) is 3.02. The van der Waals surface area contributed by atoms with Crippen molar-refractivity contribution in [2.24, 2.45) is 0 Å². The fourth-order valence-corrected chi connectivity index (χ4v) is 0.145. The Morgan fingerprint density at radius 1 is 1.67 bits per heavy atom. The Morgan fingerprint density at radius 3 is 2.17 bits per heavy atom. The van der Waals surface area contributed by atoms with Crippen LogP contribution in [0.5, 0.6) is 0 Å². The Balaban J connectivity index is 2.63. The summed E-state index contributed by atoms with van der Waals surface area (Å²) in [6.07, 6.45) is 0. The van der Waals surface area contributed by atoms with E-state index in [9.17, 15) is 0 Å². The topological polar surface area (TPSA) is 43.7 Å². The van der Waals surface area contributed by atoms with E-state index in [1.54, 1.807) is 0 Å². The van der Waals surface area contributed by atoms with E-state index in [0.717, 1.165) is 5.06 Å². The molecule has 0 radical (unpaired) electrons. The summed E-state index contributed by atoms with van der Waals surface area (Å²) in [5.74, 6) is 0. The lowest BCUT2D eigenvalue weighted by atomic mass is 10.7. The van der Waals surface area contributed by atoms with Crippen LogP contribution in [0.4, 0.5) is 0 Å². The minimum Gasteiger partial charge on any atom is -0.395 e. The molecule has 0 bridgehead atoms. The van der Waals surface area contributed by atoms with E-state index in [-0.39, 0.29) is 6.61 Å². The standard InChI is InChI=1S/C3H9NO2/c1-4(6)2-3-5/h5-6H,2-3H2,1H3. The summed E-state index contributed by atoms with van der Waals surface area (Å²) in [5.41, 5.74) is 0. The Bertz CT molecular complexity index is 30.0. The lowest BCUT2D eigenvalue weighted by Crippen LogP contribution is -2.16.